The largest absolute Gasteiger partial charge is 0.493 e. The summed E-state index contributed by atoms with van der Waals surface area (Å²) in [4.78, 5) is 43.4. The van der Waals surface area contributed by atoms with Crippen molar-refractivity contribution < 1.29 is 47.9 Å². The molecule has 0 radical (unpaired) electrons. The average molecular weight is 1050 g/mol. The van der Waals surface area contributed by atoms with Crippen molar-refractivity contribution in [1.82, 2.24) is 0 Å². The Balaban J connectivity index is 1.10. The number of aliphatic imine (C=N–C) groups is 2. The fourth-order valence-corrected chi connectivity index (χ4v) is 11.9. The number of hydrogen-bond donors (Lipinski definition) is 1. The molecule has 2 amide bonds. The number of benzene rings is 5. The maximum Gasteiger partial charge on any atom is 0.261 e. The first-order valence-corrected chi connectivity index (χ1v) is 27.4. The number of fused-ring (bicyclic) bond motifs is 5. The van der Waals surface area contributed by atoms with Gasteiger partial charge in [0.25, 0.3) is 5.91 Å². The molecule has 0 fully saturated rings. The van der Waals surface area contributed by atoms with Gasteiger partial charge in [0.2, 0.25) is 5.91 Å². The van der Waals surface area contributed by atoms with E-state index in [9.17, 15) is 14.7 Å². The summed E-state index contributed by atoms with van der Waals surface area (Å²) in [5.74, 6) is 1.34. The highest BCUT2D eigenvalue weighted by atomic mass is 33.1. The molecule has 5 aromatic carbocycles. The summed E-state index contributed by atoms with van der Waals surface area (Å²) in [6, 6.07) is 28.6. The second kappa shape index (κ2) is 25.0. The minimum absolute atomic E-state index is 0.0403. The van der Waals surface area contributed by atoms with Gasteiger partial charge in [-0.3, -0.25) is 24.5 Å². The molecule has 3 aliphatic rings. The minimum atomic E-state index is -1.03. The van der Waals surface area contributed by atoms with Gasteiger partial charge in [0, 0.05) is 78.3 Å². The van der Waals surface area contributed by atoms with Crippen molar-refractivity contribution in [3.8, 4) is 23.0 Å². The van der Waals surface area contributed by atoms with Crippen LogP contribution in [0.5, 0.6) is 23.0 Å². The highest BCUT2D eigenvalue weighted by Crippen LogP contribution is 2.45. The predicted molar refractivity (Wildman–Crippen MR) is 297 cm³/mol. The van der Waals surface area contributed by atoms with Crippen LogP contribution in [0.3, 0.4) is 0 Å². The van der Waals surface area contributed by atoms with E-state index in [2.05, 4.69) is 38.5 Å². The van der Waals surface area contributed by atoms with Crippen molar-refractivity contribution in [3.63, 3.8) is 0 Å². The lowest BCUT2D eigenvalue weighted by Crippen LogP contribution is -2.37. The molecule has 0 spiro atoms. The zero-order valence-electron chi connectivity index (χ0n) is 43.3. The molecule has 3 atom stereocenters. The van der Waals surface area contributed by atoms with E-state index in [4.69, 9.17) is 38.2 Å². The Labute approximate surface area is 442 Å². The minimum Gasteiger partial charge on any atom is -0.493 e. The van der Waals surface area contributed by atoms with Crippen LogP contribution >= 0.6 is 21.6 Å². The molecular weight excluding hydrogens is 979 g/mol. The SMILES string of the molecule is C=Nc1cc(OCc2cc(COc3cc4c(cc3OC)C(=O)N3c5ccccc5CC3C=N4)cc(N(CCOCCOCCOC)C(=O)CCC(C)(C)SSC)c2)c(OC)cc1C(O)N1c2ccccc2CC1C. The van der Waals surface area contributed by atoms with Gasteiger partial charge in [0.05, 0.1) is 70.2 Å². The first kappa shape index (κ1) is 54.2. The molecule has 0 saturated carbocycles. The van der Waals surface area contributed by atoms with E-state index in [-0.39, 0.29) is 55.0 Å². The van der Waals surface area contributed by atoms with E-state index in [0.717, 1.165) is 40.0 Å². The Morgan fingerprint density at radius 2 is 1.47 bits per heavy atom. The molecule has 0 bridgehead atoms. The number of methoxy groups -OCH3 is 3. The second-order valence-electron chi connectivity index (χ2n) is 18.9. The number of carbonyl (C=O) groups excluding carboxylic acids is 2. The quantitative estimate of drug-likeness (QED) is 0.0318. The number of carbonyl (C=O) groups is 2. The van der Waals surface area contributed by atoms with E-state index in [0.29, 0.717) is 96.9 Å². The molecule has 3 aliphatic heterocycles. The lowest BCUT2D eigenvalue weighted by atomic mass is 10.1. The standard InChI is InChI=1S/C57H67N5O10S2/c1-37-25-40-13-9-11-15-48(40)61(37)55(64)44-30-50(67-6)52(32-46(44)58-4)71-35-38-26-39(28-42(27-38)60(19-20-69-23-24-70-22-21-66-5)54(63)17-18-57(2,3)74-73-8)36-72-53-33-47-45(31-51(53)68-7)56(65)62-43(34-59-47)29-41-14-10-12-16-49(41)62/h9-16,26-28,30-34,37,43,55,64H,4,17-25,29,35-36H2,1-3,5-8H3. The third-order valence-electron chi connectivity index (χ3n) is 13.4. The van der Waals surface area contributed by atoms with Crippen LogP contribution in [0.4, 0.5) is 28.4 Å². The molecule has 0 aromatic heterocycles. The summed E-state index contributed by atoms with van der Waals surface area (Å²) in [6.45, 7) is 12.6. The van der Waals surface area contributed by atoms with Crippen molar-refractivity contribution in [3.05, 3.63) is 124 Å². The number of aliphatic hydroxyl groups excluding tert-OH is 1. The number of para-hydroxylation sites is 2. The smallest absolute Gasteiger partial charge is 0.261 e. The summed E-state index contributed by atoms with van der Waals surface area (Å²) in [5, 5.41) is 11.9. The summed E-state index contributed by atoms with van der Waals surface area (Å²) < 4.78 is 41.5. The molecule has 1 N–H and O–H groups in total. The van der Waals surface area contributed by atoms with Crippen LogP contribution in [-0.4, -0.2) is 114 Å². The Morgan fingerprint density at radius 1 is 0.838 bits per heavy atom. The van der Waals surface area contributed by atoms with Gasteiger partial charge in [-0.05, 0) is 111 Å². The summed E-state index contributed by atoms with van der Waals surface area (Å²) >= 11 is 0. The lowest BCUT2D eigenvalue weighted by Gasteiger charge is -2.31. The van der Waals surface area contributed by atoms with Gasteiger partial charge in [-0.15, -0.1) is 0 Å². The average Bonchev–Trinajstić information content (AvgIpc) is 3.91. The number of nitrogens with zero attached hydrogens (tertiary/aromatic N) is 5. The van der Waals surface area contributed by atoms with Gasteiger partial charge >= 0.3 is 0 Å². The Morgan fingerprint density at radius 3 is 2.15 bits per heavy atom. The van der Waals surface area contributed by atoms with E-state index < -0.39 is 6.23 Å². The van der Waals surface area contributed by atoms with Crippen LogP contribution in [-0.2, 0) is 45.1 Å². The number of hydrogen-bond acceptors (Lipinski definition) is 15. The third-order valence-corrected chi connectivity index (χ3v) is 16.0. The van der Waals surface area contributed by atoms with Gasteiger partial charge in [-0.1, -0.05) is 58.0 Å². The molecule has 3 unspecified atom stereocenters. The van der Waals surface area contributed by atoms with Crippen molar-refractivity contribution in [2.75, 3.05) is 81.9 Å². The molecule has 17 heteroatoms. The number of rotatable bonds is 26. The van der Waals surface area contributed by atoms with Crippen LogP contribution < -0.4 is 33.6 Å². The molecule has 8 rings (SSSR count). The van der Waals surface area contributed by atoms with Crippen molar-refractivity contribution in [2.45, 2.75) is 82.7 Å². The second-order valence-corrected chi connectivity index (χ2v) is 22.0. The van der Waals surface area contributed by atoms with Crippen LogP contribution in [0.25, 0.3) is 0 Å². The molecule has 5 aromatic rings. The monoisotopic (exact) mass is 1050 g/mol. The summed E-state index contributed by atoms with van der Waals surface area (Å²) in [5.41, 5.74) is 8.06. The van der Waals surface area contributed by atoms with Gasteiger partial charge < -0.3 is 48.1 Å². The van der Waals surface area contributed by atoms with Crippen LogP contribution in [0.1, 0.15) is 78.0 Å². The number of aliphatic hydroxyl groups is 1. The highest BCUT2D eigenvalue weighted by Gasteiger charge is 2.37. The van der Waals surface area contributed by atoms with E-state index in [1.807, 2.05) is 78.0 Å². The number of amides is 2. The lowest BCUT2D eigenvalue weighted by molar-refractivity contribution is -0.119. The van der Waals surface area contributed by atoms with Gasteiger partial charge in [-0.2, -0.15) is 0 Å². The molecular formula is C57H67N5O10S2. The summed E-state index contributed by atoms with van der Waals surface area (Å²) in [7, 11) is 8.15. The molecule has 0 aliphatic carbocycles. The Bertz CT molecular complexity index is 2830. The van der Waals surface area contributed by atoms with Crippen LogP contribution in [0, 0.1) is 0 Å². The number of ether oxygens (including phenoxy) is 7. The molecule has 0 saturated heterocycles. The molecule has 392 valence electrons. The van der Waals surface area contributed by atoms with Gasteiger partial charge in [-0.25, -0.2) is 0 Å². The van der Waals surface area contributed by atoms with Crippen molar-refractivity contribution >= 4 is 74.8 Å². The Kier molecular flexibility index (Phi) is 18.3. The first-order valence-electron chi connectivity index (χ1n) is 24.8. The van der Waals surface area contributed by atoms with Crippen LogP contribution in [0.15, 0.2) is 101 Å². The van der Waals surface area contributed by atoms with Crippen LogP contribution in [0.2, 0.25) is 0 Å². The van der Waals surface area contributed by atoms with Crippen molar-refractivity contribution in [1.29, 1.82) is 0 Å². The maximum absolute atomic E-state index is 14.5. The zero-order chi connectivity index (χ0) is 52.4. The molecule has 74 heavy (non-hydrogen) atoms. The Hall–Kier alpha value is -6.08. The van der Waals surface area contributed by atoms with Gasteiger partial charge in [0.15, 0.2) is 29.2 Å². The predicted octanol–water partition coefficient (Wildman–Crippen LogP) is 10.5. The zero-order valence-corrected chi connectivity index (χ0v) is 45.0. The fraction of sp³-hybridized carbons (Fsp3) is 0.404. The van der Waals surface area contributed by atoms with Gasteiger partial charge in [0.1, 0.15) is 13.2 Å². The first-order chi connectivity index (χ1) is 35.9. The highest BCUT2D eigenvalue weighted by molar-refractivity contribution is 8.76. The molecule has 15 nitrogen and oxygen atoms in total. The van der Waals surface area contributed by atoms with Crippen molar-refractivity contribution in [2.24, 2.45) is 9.98 Å². The third kappa shape index (κ3) is 12.5. The van der Waals surface area contributed by atoms with E-state index >= 15 is 0 Å². The topological polar surface area (TPSA) is 153 Å². The number of anilines is 3. The van der Waals surface area contributed by atoms with E-state index in [1.165, 1.54) is 0 Å². The normalized spacial score (nSPS) is 16.0. The summed E-state index contributed by atoms with van der Waals surface area (Å²) in [6.07, 6.45) is 5.27. The maximum atomic E-state index is 14.5. The fourth-order valence-electron chi connectivity index (χ4n) is 9.70. The van der Waals surface area contributed by atoms with E-state index in [1.54, 1.807) is 77.0 Å². The molecule has 3 heterocycles.